The van der Waals surface area contributed by atoms with Crippen molar-refractivity contribution in [1.29, 1.82) is 0 Å². The number of Topliss-reactive ketones (excluding diaryl/α,β-unsaturated/α-hetero) is 1. The average Bonchev–Trinajstić information content (AvgIpc) is 3.04. The number of ketones is 1. The Hall–Kier alpha value is -0.940. The highest BCUT2D eigenvalue weighted by Gasteiger charge is 2.65. The minimum Gasteiger partial charge on any atom is -0.481 e. The number of rotatable bonds is 5. The van der Waals surface area contributed by atoms with Crippen molar-refractivity contribution in [3.8, 4) is 0 Å². The second-order valence-corrected chi connectivity index (χ2v) is 12.1. The Morgan fingerprint density at radius 2 is 1.71 bits per heavy atom. The molecule has 0 radical (unpaired) electrons. The molecule has 0 heterocycles. The average molecular weight is 435 g/mol. The summed E-state index contributed by atoms with van der Waals surface area (Å²) in [6.07, 6.45) is 6.50. The molecule has 0 amide bonds. The Morgan fingerprint density at radius 1 is 1.00 bits per heavy atom. The first kappa shape index (κ1) is 23.2. The fourth-order valence-corrected chi connectivity index (χ4v) is 9.50. The largest absolute Gasteiger partial charge is 0.481 e. The topological polar surface area (TPSA) is 94.8 Å². The van der Waals surface area contributed by atoms with Gasteiger partial charge in [-0.15, -0.1) is 0 Å². The highest BCUT2D eigenvalue weighted by Crippen LogP contribution is 2.69. The van der Waals surface area contributed by atoms with E-state index < -0.39 is 18.2 Å². The van der Waals surface area contributed by atoms with E-state index >= 15 is 0 Å². The van der Waals surface area contributed by atoms with Crippen molar-refractivity contribution in [1.82, 2.24) is 0 Å². The van der Waals surface area contributed by atoms with Gasteiger partial charge in [-0.05, 0) is 105 Å². The minimum absolute atomic E-state index is 0.00227. The van der Waals surface area contributed by atoms with Crippen LogP contribution in [0.3, 0.4) is 0 Å². The van der Waals surface area contributed by atoms with E-state index in [0.717, 1.165) is 38.5 Å². The summed E-state index contributed by atoms with van der Waals surface area (Å²) in [6.45, 7) is 8.58. The number of carboxylic acid groups (broad SMARTS) is 1. The van der Waals surface area contributed by atoms with Crippen LogP contribution in [-0.2, 0) is 9.59 Å². The van der Waals surface area contributed by atoms with Crippen LogP contribution in [-0.4, -0.2) is 39.3 Å². The Kier molecular flexibility index (Phi) is 6.09. The van der Waals surface area contributed by atoms with Crippen molar-refractivity contribution in [3.63, 3.8) is 0 Å². The molecule has 31 heavy (non-hydrogen) atoms. The zero-order valence-electron chi connectivity index (χ0n) is 19.7. The third kappa shape index (κ3) is 3.58. The summed E-state index contributed by atoms with van der Waals surface area (Å²) in [7, 11) is 0. The van der Waals surface area contributed by atoms with Crippen LogP contribution in [0, 0.1) is 52.3 Å². The predicted molar refractivity (Wildman–Crippen MR) is 118 cm³/mol. The molecule has 0 bridgehead atoms. The Bertz CT molecular complexity index is 721. The van der Waals surface area contributed by atoms with E-state index in [4.69, 9.17) is 5.11 Å². The zero-order valence-corrected chi connectivity index (χ0v) is 19.7. The van der Waals surface area contributed by atoms with Crippen molar-refractivity contribution in [2.75, 3.05) is 0 Å². The molecule has 5 heteroatoms. The molecule has 2 unspecified atom stereocenters. The maximum atomic E-state index is 12.7. The van der Waals surface area contributed by atoms with E-state index in [-0.39, 0.29) is 34.9 Å². The maximum absolute atomic E-state index is 12.7. The number of carboxylic acids is 1. The van der Waals surface area contributed by atoms with E-state index in [2.05, 4.69) is 20.8 Å². The standard InChI is InChI=1S/C26H42O5/c1-14(5-8-24(30)31)18-6-7-19-17-13-23(29)22-12-16(28)11-21(15(2)27)26(22,4)20(17)9-10-25(18,19)3/h14,16-23,28-29H,5-13H2,1-4H3,(H,30,31)/t14-,16-,17+,18-,19+,20+,21?,22?,23+,25-,26+/m1/s1. The van der Waals surface area contributed by atoms with Gasteiger partial charge in [0.25, 0.3) is 0 Å². The summed E-state index contributed by atoms with van der Waals surface area (Å²) < 4.78 is 0. The van der Waals surface area contributed by atoms with Gasteiger partial charge in [0.2, 0.25) is 0 Å². The molecule has 0 spiro atoms. The molecule has 4 aliphatic carbocycles. The van der Waals surface area contributed by atoms with Crippen molar-refractivity contribution < 1.29 is 24.9 Å². The first-order valence-corrected chi connectivity index (χ1v) is 12.6. The molecule has 5 nitrogen and oxygen atoms in total. The summed E-state index contributed by atoms with van der Waals surface area (Å²) in [4.78, 5) is 23.8. The summed E-state index contributed by atoms with van der Waals surface area (Å²) in [5.41, 5.74) is -0.0381. The molecule has 4 saturated carbocycles. The number of carbonyl (C=O) groups excluding carboxylic acids is 1. The van der Waals surface area contributed by atoms with Crippen LogP contribution in [0.4, 0.5) is 0 Å². The van der Waals surface area contributed by atoms with Gasteiger partial charge < -0.3 is 15.3 Å². The second-order valence-electron chi connectivity index (χ2n) is 12.1. The van der Waals surface area contributed by atoms with Crippen LogP contribution in [0.25, 0.3) is 0 Å². The van der Waals surface area contributed by atoms with Crippen molar-refractivity contribution >= 4 is 11.8 Å². The Morgan fingerprint density at radius 3 is 2.35 bits per heavy atom. The molecular weight excluding hydrogens is 392 g/mol. The first-order chi connectivity index (χ1) is 14.5. The number of aliphatic hydroxyl groups excluding tert-OH is 2. The van der Waals surface area contributed by atoms with Crippen LogP contribution in [0.2, 0.25) is 0 Å². The lowest BCUT2D eigenvalue weighted by Crippen LogP contribution is -2.62. The van der Waals surface area contributed by atoms with Gasteiger partial charge in [-0.25, -0.2) is 0 Å². The first-order valence-electron chi connectivity index (χ1n) is 12.6. The number of fused-ring (bicyclic) bond motifs is 5. The lowest BCUT2D eigenvalue weighted by atomic mass is 9.41. The van der Waals surface area contributed by atoms with Gasteiger partial charge in [0.05, 0.1) is 12.2 Å². The van der Waals surface area contributed by atoms with Gasteiger partial charge in [-0.1, -0.05) is 20.8 Å². The lowest BCUT2D eigenvalue weighted by molar-refractivity contribution is -0.196. The van der Waals surface area contributed by atoms with Crippen LogP contribution in [0.5, 0.6) is 0 Å². The fourth-order valence-electron chi connectivity index (χ4n) is 9.50. The van der Waals surface area contributed by atoms with Gasteiger partial charge in [-0.3, -0.25) is 9.59 Å². The third-order valence-corrected chi connectivity index (χ3v) is 10.9. The smallest absolute Gasteiger partial charge is 0.303 e. The number of aliphatic hydroxyl groups is 2. The number of hydrogen-bond acceptors (Lipinski definition) is 4. The number of carbonyl (C=O) groups is 2. The lowest BCUT2D eigenvalue weighted by Gasteiger charge is -2.64. The van der Waals surface area contributed by atoms with E-state index in [1.54, 1.807) is 6.92 Å². The van der Waals surface area contributed by atoms with Gasteiger partial charge in [0.15, 0.2) is 0 Å². The summed E-state index contributed by atoms with van der Waals surface area (Å²) in [5, 5.41) is 30.9. The molecule has 3 N–H and O–H groups in total. The highest BCUT2D eigenvalue weighted by molar-refractivity contribution is 5.79. The van der Waals surface area contributed by atoms with E-state index in [0.29, 0.717) is 42.4 Å². The molecule has 0 aromatic heterocycles. The molecule has 0 saturated heterocycles. The molecular formula is C26H42O5. The molecule has 0 aromatic rings. The molecule has 0 aromatic carbocycles. The highest BCUT2D eigenvalue weighted by atomic mass is 16.4. The van der Waals surface area contributed by atoms with Crippen molar-refractivity contribution in [2.24, 2.45) is 52.3 Å². The summed E-state index contributed by atoms with van der Waals surface area (Å²) in [6, 6.07) is 0. The summed E-state index contributed by atoms with van der Waals surface area (Å²) in [5.74, 6) is 1.61. The van der Waals surface area contributed by atoms with Gasteiger partial charge in [-0.2, -0.15) is 0 Å². The predicted octanol–water partition coefficient (Wildman–Crippen LogP) is 4.29. The van der Waals surface area contributed by atoms with Crippen LogP contribution >= 0.6 is 0 Å². The van der Waals surface area contributed by atoms with Crippen LogP contribution in [0.1, 0.15) is 85.5 Å². The van der Waals surface area contributed by atoms with Gasteiger partial charge in [0, 0.05) is 12.3 Å². The fraction of sp³-hybridized carbons (Fsp3) is 0.923. The Balaban J connectivity index is 1.62. The van der Waals surface area contributed by atoms with E-state index in [9.17, 15) is 19.8 Å². The maximum Gasteiger partial charge on any atom is 0.303 e. The van der Waals surface area contributed by atoms with Crippen LogP contribution < -0.4 is 0 Å². The van der Waals surface area contributed by atoms with Crippen LogP contribution in [0.15, 0.2) is 0 Å². The molecule has 0 aliphatic heterocycles. The van der Waals surface area contributed by atoms with Crippen molar-refractivity contribution in [3.05, 3.63) is 0 Å². The SMILES string of the molecule is CC(=O)C1C[C@@H](O)CC2[C@@H](O)C[C@@H]3[C@H](CC[C@]4(C)[C@@H]([C@H](C)CCC(=O)O)CC[C@@H]34)[C@@]12C. The van der Waals surface area contributed by atoms with Crippen molar-refractivity contribution in [2.45, 2.75) is 97.7 Å². The van der Waals surface area contributed by atoms with Gasteiger partial charge in [0.1, 0.15) is 5.78 Å². The number of aliphatic carboxylic acids is 1. The molecule has 4 rings (SSSR count). The molecule has 176 valence electrons. The normalized spacial score (nSPS) is 50.1. The monoisotopic (exact) mass is 434 g/mol. The zero-order chi connectivity index (χ0) is 22.7. The minimum atomic E-state index is -0.709. The second kappa shape index (κ2) is 8.13. The molecule has 4 fully saturated rings. The number of hydrogen-bond donors (Lipinski definition) is 3. The quantitative estimate of drug-likeness (QED) is 0.600. The Labute approximate surface area is 187 Å². The van der Waals surface area contributed by atoms with Gasteiger partial charge >= 0.3 is 5.97 Å². The molecule has 11 atom stereocenters. The summed E-state index contributed by atoms with van der Waals surface area (Å²) >= 11 is 0. The van der Waals surface area contributed by atoms with E-state index in [1.807, 2.05) is 0 Å². The molecule has 4 aliphatic rings. The third-order valence-electron chi connectivity index (χ3n) is 10.9. The van der Waals surface area contributed by atoms with E-state index in [1.165, 1.54) is 0 Å².